The van der Waals surface area contributed by atoms with Gasteiger partial charge in [0.05, 0.1) is 12.7 Å². The van der Waals surface area contributed by atoms with Gasteiger partial charge in [0.15, 0.2) is 6.10 Å². The van der Waals surface area contributed by atoms with Crippen molar-refractivity contribution >= 4 is 5.97 Å². The zero-order chi connectivity index (χ0) is 12.7. The number of esters is 1. The lowest BCUT2D eigenvalue weighted by Gasteiger charge is -2.29. The maximum atomic E-state index is 11.7. The van der Waals surface area contributed by atoms with Crippen LogP contribution < -0.4 is 0 Å². The van der Waals surface area contributed by atoms with Crippen molar-refractivity contribution < 1.29 is 14.3 Å². The summed E-state index contributed by atoms with van der Waals surface area (Å²) < 4.78 is 11.0. The molecule has 0 N–H and O–H groups in total. The van der Waals surface area contributed by atoms with Crippen LogP contribution in [0.1, 0.15) is 59.3 Å². The van der Waals surface area contributed by atoms with Crippen molar-refractivity contribution in [3.05, 3.63) is 0 Å². The van der Waals surface area contributed by atoms with Crippen LogP contribution >= 0.6 is 0 Å². The molecular weight excluding hydrogens is 216 g/mol. The summed E-state index contributed by atoms with van der Waals surface area (Å²) in [5.41, 5.74) is 0. The number of rotatable bonds is 6. The summed E-state index contributed by atoms with van der Waals surface area (Å²) in [6.45, 7) is 6.62. The second-order valence-corrected chi connectivity index (χ2v) is 5.05. The quantitative estimate of drug-likeness (QED) is 0.670. The van der Waals surface area contributed by atoms with Gasteiger partial charge in [0, 0.05) is 0 Å². The molecule has 0 aromatic rings. The van der Waals surface area contributed by atoms with Crippen LogP contribution in [0.5, 0.6) is 0 Å². The molecule has 1 saturated carbocycles. The van der Waals surface area contributed by atoms with Crippen LogP contribution in [0.2, 0.25) is 0 Å². The third-order valence-electron chi connectivity index (χ3n) is 3.42. The third-order valence-corrected chi connectivity index (χ3v) is 3.42. The smallest absolute Gasteiger partial charge is 0.335 e. The fourth-order valence-electron chi connectivity index (χ4n) is 2.34. The van der Waals surface area contributed by atoms with Crippen molar-refractivity contribution in [2.75, 3.05) is 6.61 Å². The highest BCUT2D eigenvalue weighted by molar-refractivity contribution is 5.74. The van der Waals surface area contributed by atoms with Gasteiger partial charge in [0.25, 0.3) is 0 Å². The van der Waals surface area contributed by atoms with Gasteiger partial charge in [-0.25, -0.2) is 4.79 Å². The molecule has 0 heterocycles. The van der Waals surface area contributed by atoms with Gasteiger partial charge in [-0.2, -0.15) is 0 Å². The molecule has 0 bridgehead atoms. The van der Waals surface area contributed by atoms with Gasteiger partial charge in [0.2, 0.25) is 0 Å². The molecule has 0 saturated heterocycles. The molecule has 3 nitrogen and oxygen atoms in total. The summed E-state index contributed by atoms with van der Waals surface area (Å²) in [5.74, 6) is 0.620. The molecule has 1 atom stereocenters. The molecule has 1 fully saturated rings. The minimum Gasteiger partial charge on any atom is -0.464 e. The highest BCUT2D eigenvalue weighted by Gasteiger charge is 2.26. The van der Waals surface area contributed by atoms with E-state index < -0.39 is 0 Å². The van der Waals surface area contributed by atoms with E-state index in [1.165, 1.54) is 12.8 Å². The molecule has 0 aliphatic heterocycles. The normalized spacial score (nSPS) is 26.5. The van der Waals surface area contributed by atoms with Gasteiger partial charge < -0.3 is 9.47 Å². The zero-order valence-corrected chi connectivity index (χ0v) is 11.4. The van der Waals surface area contributed by atoms with E-state index in [4.69, 9.17) is 9.47 Å². The van der Waals surface area contributed by atoms with Gasteiger partial charge in [-0.05, 0) is 44.9 Å². The lowest BCUT2D eigenvalue weighted by Crippen LogP contribution is -2.33. The molecule has 0 amide bonds. The number of carbonyl (C=O) groups excluding carboxylic acids is 1. The van der Waals surface area contributed by atoms with E-state index in [0.29, 0.717) is 6.61 Å². The van der Waals surface area contributed by atoms with E-state index >= 15 is 0 Å². The lowest BCUT2D eigenvalue weighted by atomic mass is 9.89. The van der Waals surface area contributed by atoms with Crippen LogP contribution in [0, 0.1) is 5.92 Å². The Balaban J connectivity index is 2.40. The molecule has 100 valence electrons. The molecule has 0 aromatic carbocycles. The second-order valence-electron chi connectivity index (χ2n) is 5.05. The second kappa shape index (κ2) is 7.70. The van der Waals surface area contributed by atoms with Crippen molar-refractivity contribution in [2.45, 2.75) is 71.5 Å². The largest absolute Gasteiger partial charge is 0.464 e. The van der Waals surface area contributed by atoms with Crippen LogP contribution in [0.3, 0.4) is 0 Å². The van der Waals surface area contributed by atoms with E-state index in [2.05, 4.69) is 13.8 Å². The fourth-order valence-corrected chi connectivity index (χ4v) is 2.34. The van der Waals surface area contributed by atoms with Crippen molar-refractivity contribution in [1.29, 1.82) is 0 Å². The van der Waals surface area contributed by atoms with Crippen LogP contribution in [0.15, 0.2) is 0 Å². The van der Waals surface area contributed by atoms with Crippen molar-refractivity contribution in [1.82, 2.24) is 0 Å². The molecule has 0 radical (unpaired) electrons. The summed E-state index contributed by atoms with van der Waals surface area (Å²) >= 11 is 0. The average molecular weight is 242 g/mol. The molecule has 1 aliphatic rings. The number of hydrogen-bond donors (Lipinski definition) is 0. The maximum absolute atomic E-state index is 11.7. The molecule has 1 aliphatic carbocycles. The zero-order valence-electron chi connectivity index (χ0n) is 11.4. The topological polar surface area (TPSA) is 35.5 Å². The Bertz CT molecular complexity index is 220. The Morgan fingerprint density at radius 2 is 1.88 bits per heavy atom. The van der Waals surface area contributed by atoms with Gasteiger partial charge >= 0.3 is 5.97 Å². The highest BCUT2D eigenvalue weighted by atomic mass is 16.6. The predicted octanol–water partition coefficient (Wildman–Crippen LogP) is 3.31. The Morgan fingerprint density at radius 3 is 2.41 bits per heavy atom. The molecule has 1 rings (SSSR count). The Hall–Kier alpha value is -0.570. The number of ether oxygens (including phenoxy) is 2. The highest BCUT2D eigenvalue weighted by Crippen LogP contribution is 2.27. The van der Waals surface area contributed by atoms with E-state index in [0.717, 1.165) is 31.6 Å². The minimum absolute atomic E-state index is 0.187. The summed E-state index contributed by atoms with van der Waals surface area (Å²) in [4.78, 5) is 11.7. The van der Waals surface area contributed by atoms with Gasteiger partial charge in [0.1, 0.15) is 0 Å². The minimum atomic E-state index is -0.349. The molecule has 0 spiro atoms. The predicted molar refractivity (Wildman–Crippen MR) is 67.8 cm³/mol. The van der Waals surface area contributed by atoms with Crippen molar-refractivity contribution in [3.63, 3.8) is 0 Å². The molecule has 17 heavy (non-hydrogen) atoms. The number of hydrogen-bond acceptors (Lipinski definition) is 3. The fraction of sp³-hybridized carbons (Fsp3) is 0.929. The van der Waals surface area contributed by atoms with Gasteiger partial charge in [-0.3, -0.25) is 0 Å². The molecular formula is C14H26O3. The van der Waals surface area contributed by atoms with E-state index in [-0.39, 0.29) is 18.2 Å². The SMILES string of the molecule is CCCC(OC1CCC(C)CC1)C(=O)OCC. The van der Waals surface area contributed by atoms with Crippen LogP contribution in [-0.4, -0.2) is 24.8 Å². The summed E-state index contributed by atoms with van der Waals surface area (Å²) in [6.07, 6.45) is 6.23. The summed E-state index contributed by atoms with van der Waals surface area (Å²) in [7, 11) is 0. The average Bonchev–Trinajstić information content (AvgIpc) is 2.31. The third kappa shape index (κ3) is 5.07. The van der Waals surface area contributed by atoms with E-state index in [9.17, 15) is 4.79 Å². The first kappa shape index (κ1) is 14.5. The Morgan fingerprint density at radius 1 is 1.24 bits per heavy atom. The number of carbonyl (C=O) groups is 1. The maximum Gasteiger partial charge on any atom is 0.335 e. The van der Waals surface area contributed by atoms with Crippen molar-refractivity contribution in [3.8, 4) is 0 Å². The first-order chi connectivity index (χ1) is 8.17. The van der Waals surface area contributed by atoms with Crippen molar-refractivity contribution in [2.24, 2.45) is 5.92 Å². The summed E-state index contributed by atoms with van der Waals surface area (Å²) in [5, 5.41) is 0. The summed E-state index contributed by atoms with van der Waals surface area (Å²) in [6, 6.07) is 0. The Kier molecular flexibility index (Phi) is 6.56. The van der Waals surface area contributed by atoms with Gasteiger partial charge in [-0.1, -0.05) is 20.3 Å². The Labute approximate surface area is 105 Å². The lowest BCUT2D eigenvalue weighted by molar-refractivity contribution is -0.162. The molecule has 0 aromatic heterocycles. The van der Waals surface area contributed by atoms with E-state index in [1.54, 1.807) is 0 Å². The monoisotopic (exact) mass is 242 g/mol. The van der Waals surface area contributed by atoms with Gasteiger partial charge in [-0.15, -0.1) is 0 Å². The van der Waals surface area contributed by atoms with Crippen LogP contribution in [-0.2, 0) is 14.3 Å². The first-order valence-electron chi connectivity index (χ1n) is 6.99. The molecule has 3 heteroatoms. The van der Waals surface area contributed by atoms with Crippen LogP contribution in [0.4, 0.5) is 0 Å². The van der Waals surface area contributed by atoms with Crippen LogP contribution in [0.25, 0.3) is 0 Å². The van der Waals surface area contributed by atoms with E-state index in [1.807, 2.05) is 6.92 Å². The standard InChI is InChI=1S/C14H26O3/c1-4-6-13(14(15)16-5-2)17-12-9-7-11(3)8-10-12/h11-13H,4-10H2,1-3H3. The first-order valence-corrected chi connectivity index (χ1v) is 6.99. The molecule has 1 unspecified atom stereocenters.